The quantitative estimate of drug-likeness (QED) is 0.296. The summed E-state index contributed by atoms with van der Waals surface area (Å²) in [5.41, 5.74) is 3.54. The lowest BCUT2D eigenvalue weighted by Gasteiger charge is -2.14. The summed E-state index contributed by atoms with van der Waals surface area (Å²) in [7, 11) is 0. The fourth-order valence-electron chi connectivity index (χ4n) is 4.32. The number of amides is 1. The van der Waals surface area contributed by atoms with Crippen molar-refractivity contribution in [2.24, 2.45) is 5.10 Å². The highest BCUT2D eigenvalue weighted by Gasteiger charge is 2.24. The first kappa shape index (κ1) is 19.7. The third-order valence-electron chi connectivity index (χ3n) is 5.80. The molecule has 0 radical (unpaired) electrons. The van der Waals surface area contributed by atoms with E-state index in [0.717, 1.165) is 47.8 Å². The predicted molar refractivity (Wildman–Crippen MR) is 118 cm³/mol. The molecule has 1 aliphatic carbocycles. The van der Waals surface area contributed by atoms with Gasteiger partial charge in [0.2, 0.25) is 0 Å². The Hall–Kier alpha value is -4.20. The first-order valence-electron chi connectivity index (χ1n) is 10.3. The van der Waals surface area contributed by atoms with E-state index in [1.807, 2.05) is 30.3 Å². The first-order chi connectivity index (χ1) is 15.5. The normalized spacial score (nSPS) is 13.5. The van der Waals surface area contributed by atoms with Gasteiger partial charge in [0.25, 0.3) is 11.6 Å². The molecule has 3 aromatic carbocycles. The van der Waals surface area contributed by atoms with Crippen molar-refractivity contribution in [3.63, 3.8) is 0 Å². The van der Waals surface area contributed by atoms with Gasteiger partial charge in [-0.3, -0.25) is 14.9 Å². The zero-order chi connectivity index (χ0) is 22.2. The second-order valence-electron chi connectivity index (χ2n) is 7.71. The maximum Gasteiger partial charge on any atom is 0.271 e. The molecule has 4 aromatic rings. The molecule has 5 rings (SSSR count). The molecule has 8 heteroatoms. The molecule has 1 N–H and O–H groups in total. The van der Waals surface area contributed by atoms with E-state index >= 15 is 0 Å². The summed E-state index contributed by atoms with van der Waals surface area (Å²) in [6.45, 7) is 0. The second-order valence-corrected chi connectivity index (χ2v) is 7.71. The minimum Gasteiger partial charge on any atom is -0.867 e. The van der Waals surface area contributed by atoms with Gasteiger partial charge in [-0.25, -0.2) is 5.43 Å². The van der Waals surface area contributed by atoms with Crippen LogP contribution in [-0.4, -0.2) is 17.0 Å². The number of carbonyl (C=O) groups excluding carboxylic acids is 1. The Balaban J connectivity index is 1.54. The van der Waals surface area contributed by atoms with E-state index in [-0.39, 0.29) is 5.56 Å². The van der Waals surface area contributed by atoms with Gasteiger partial charge in [-0.1, -0.05) is 36.4 Å². The highest BCUT2D eigenvalue weighted by Crippen LogP contribution is 2.40. The number of fused-ring (bicyclic) bond motifs is 4. The molecule has 0 spiro atoms. The molecule has 0 aliphatic heterocycles. The van der Waals surface area contributed by atoms with E-state index in [1.54, 1.807) is 12.1 Å². The number of nitrogens with one attached hydrogen (secondary N) is 1. The number of hydrogen-bond donors (Lipinski definition) is 1. The van der Waals surface area contributed by atoms with Gasteiger partial charge in [-0.15, -0.1) is 0 Å². The van der Waals surface area contributed by atoms with Gasteiger partial charge < -0.3 is 9.52 Å². The summed E-state index contributed by atoms with van der Waals surface area (Å²) < 4.78 is 5.83. The van der Waals surface area contributed by atoms with Crippen LogP contribution in [0.5, 0.6) is 5.75 Å². The highest BCUT2D eigenvalue weighted by atomic mass is 16.6. The molecular weight excluding hydrogens is 410 g/mol. The van der Waals surface area contributed by atoms with Crippen molar-refractivity contribution in [1.29, 1.82) is 0 Å². The maximum atomic E-state index is 12.8. The lowest BCUT2D eigenvalue weighted by Crippen LogP contribution is -2.18. The number of nitro groups is 1. The summed E-state index contributed by atoms with van der Waals surface area (Å²) in [4.78, 5) is 23.4. The van der Waals surface area contributed by atoms with E-state index in [2.05, 4.69) is 10.5 Å². The van der Waals surface area contributed by atoms with Crippen LogP contribution in [-0.2, 0) is 12.8 Å². The Bertz CT molecular complexity index is 1420. The van der Waals surface area contributed by atoms with Crippen LogP contribution in [0.4, 0.5) is 5.69 Å². The summed E-state index contributed by atoms with van der Waals surface area (Å²) >= 11 is 0. The van der Waals surface area contributed by atoms with Crippen LogP contribution in [0.15, 0.2) is 58.0 Å². The molecule has 0 saturated carbocycles. The fraction of sp³-hybridized carbons (Fsp3) is 0.167. The molecule has 0 unspecified atom stereocenters. The molecule has 32 heavy (non-hydrogen) atoms. The minimum absolute atomic E-state index is 0.0549. The number of rotatable bonds is 4. The molecule has 1 aromatic heterocycles. The number of nitro benzene ring substituents is 1. The SMILES string of the molecule is O=C(N/N=C/c1c([O-])c([N+](=O)[O-])cc2oc3c(c12)CCCC3)c1cccc2ccccc12. The summed E-state index contributed by atoms with van der Waals surface area (Å²) in [5, 5.41) is 30.4. The molecule has 1 heterocycles. The van der Waals surface area contributed by atoms with Gasteiger partial charge in [-0.05, 0) is 41.9 Å². The van der Waals surface area contributed by atoms with Crippen molar-refractivity contribution >= 4 is 39.6 Å². The summed E-state index contributed by atoms with van der Waals surface area (Å²) in [5.74, 6) is -0.443. The summed E-state index contributed by atoms with van der Waals surface area (Å²) in [6, 6.07) is 14.0. The van der Waals surface area contributed by atoms with Gasteiger partial charge in [0.15, 0.2) is 0 Å². The lowest BCUT2D eigenvalue weighted by atomic mass is 9.93. The zero-order valence-electron chi connectivity index (χ0n) is 17.0. The second kappa shape index (κ2) is 7.81. The van der Waals surface area contributed by atoms with Gasteiger partial charge in [-0.2, -0.15) is 5.10 Å². The van der Waals surface area contributed by atoms with E-state index in [1.165, 1.54) is 12.3 Å². The molecule has 1 aliphatic rings. The van der Waals surface area contributed by atoms with Gasteiger partial charge in [0.05, 0.1) is 17.2 Å². The first-order valence-corrected chi connectivity index (χ1v) is 10.3. The van der Waals surface area contributed by atoms with Crippen molar-refractivity contribution in [3.8, 4) is 5.75 Å². The van der Waals surface area contributed by atoms with E-state index in [9.17, 15) is 20.0 Å². The van der Waals surface area contributed by atoms with Crippen LogP contribution in [0.2, 0.25) is 0 Å². The Morgan fingerprint density at radius 3 is 2.75 bits per heavy atom. The van der Waals surface area contributed by atoms with Crippen LogP contribution in [0, 0.1) is 10.1 Å². The van der Waals surface area contributed by atoms with Gasteiger partial charge in [0.1, 0.15) is 11.3 Å². The third-order valence-corrected chi connectivity index (χ3v) is 5.80. The van der Waals surface area contributed by atoms with Crippen molar-refractivity contribution in [3.05, 3.63) is 81.1 Å². The van der Waals surface area contributed by atoms with Crippen LogP contribution in [0.1, 0.15) is 40.1 Å². The van der Waals surface area contributed by atoms with Crippen LogP contribution in [0.3, 0.4) is 0 Å². The smallest absolute Gasteiger partial charge is 0.271 e. The Morgan fingerprint density at radius 2 is 1.91 bits per heavy atom. The largest absolute Gasteiger partial charge is 0.867 e. The van der Waals surface area contributed by atoms with Crippen LogP contribution in [0.25, 0.3) is 21.7 Å². The predicted octanol–water partition coefficient (Wildman–Crippen LogP) is 4.21. The maximum absolute atomic E-state index is 12.8. The number of nitrogens with zero attached hydrogens (tertiary/aromatic N) is 2. The Kier molecular flexibility index (Phi) is 4.82. The monoisotopic (exact) mass is 428 g/mol. The highest BCUT2D eigenvalue weighted by molar-refractivity contribution is 6.08. The zero-order valence-corrected chi connectivity index (χ0v) is 17.0. The number of furan rings is 1. The topological polar surface area (TPSA) is 121 Å². The molecule has 0 atom stereocenters. The number of benzene rings is 3. The molecule has 0 fully saturated rings. The standard InChI is InChI=1S/C24H19N3O5/c28-23-18(13-25-26-24(29)16-10-5-7-14-6-1-2-8-15(14)16)22-17-9-3-4-11-20(17)32-21(22)12-19(23)27(30)31/h1-2,5-8,10,12-13,28H,3-4,9,11H2,(H,26,29)/p-1/b25-13+. The van der Waals surface area contributed by atoms with Crippen LogP contribution < -0.4 is 10.5 Å². The number of hydrazone groups is 1. The average Bonchev–Trinajstić information content (AvgIpc) is 3.18. The molecular formula is C24H18N3O5-. The molecule has 0 bridgehead atoms. The van der Waals surface area contributed by atoms with Gasteiger partial charge in [0, 0.05) is 28.5 Å². The van der Waals surface area contributed by atoms with Gasteiger partial charge >= 0.3 is 0 Å². The molecule has 0 saturated heterocycles. The fourth-order valence-corrected chi connectivity index (χ4v) is 4.32. The van der Waals surface area contributed by atoms with Crippen molar-refractivity contribution in [1.82, 2.24) is 5.43 Å². The molecule has 160 valence electrons. The Labute approximate surface area is 182 Å². The van der Waals surface area contributed by atoms with Crippen molar-refractivity contribution in [2.75, 3.05) is 0 Å². The average molecular weight is 428 g/mol. The summed E-state index contributed by atoms with van der Waals surface area (Å²) in [6.07, 6.45) is 4.54. The van der Waals surface area contributed by atoms with E-state index in [4.69, 9.17) is 4.42 Å². The number of carbonyl (C=O) groups is 1. The minimum atomic E-state index is -0.750. The van der Waals surface area contributed by atoms with Crippen LogP contribution >= 0.6 is 0 Å². The molecule has 8 nitrogen and oxygen atoms in total. The number of aryl methyl sites for hydroxylation is 2. The number of hydrogen-bond acceptors (Lipinski definition) is 6. The Morgan fingerprint density at radius 1 is 1.12 bits per heavy atom. The third kappa shape index (κ3) is 3.26. The van der Waals surface area contributed by atoms with E-state index < -0.39 is 22.3 Å². The molecule has 1 amide bonds. The van der Waals surface area contributed by atoms with Crippen molar-refractivity contribution < 1.29 is 19.2 Å². The van der Waals surface area contributed by atoms with Crippen molar-refractivity contribution in [2.45, 2.75) is 25.7 Å². The lowest BCUT2D eigenvalue weighted by molar-refractivity contribution is -0.398. The van der Waals surface area contributed by atoms with E-state index in [0.29, 0.717) is 16.5 Å².